The second kappa shape index (κ2) is 3.91. The lowest BCUT2D eigenvalue weighted by Gasteiger charge is -2.16. The SMILES string of the molecule is C=C(C)C1CCCNC(C)C1. The van der Waals surface area contributed by atoms with Crippen LogP contribution in [0.15, 0.2) is 12.2 Å². The Hall–Kier alpha value is -0.300. The summed E-state index contributed by atoms with van der Waals surface area (Å²) in [6, 6.07) is 0.680. The summed E-state index contributed by atoms with van der Waals surface area (Å²) in [5.74, 6) is 0.764. The van der Waals surface area contributed by atoms with E-state index in [4.69, 9.17) is 0 Å². The van der Waals surface area contributed by atoms with E-state index >= 15 is 0 Å². The zero-order chi connectivity index (χ0) is 8.27. The minimum Gasteiger partial charge on any atom is -0.314 e. The number of rotatable bonds is 1. The molecule has 11 heavy (non-hydrogen) atoms. The van der Waals surface area contributed by atoms with E-state index in [-0.39, 0.29) is 0 Å². The van der Waals surface area contributed by atoms with Crippen LogP contribution in [0.25, 0.3) is 0 Å². The van der Waals surface area contributed by atoms with Crippen LogP contribution in [0.3, 0.4) is 0 Å². The lowest BCUT2D eigenvalue weighted by molar-refractivity contribution is 0.480. The number of allylic oxidation sites excluding steroid dienone is 1. The average Bonchev–Trinajstić information content (AvgIpc) is 2.13. The highest BCUT2D eigenvalue weighted by Crippen LogP contribution is 2.22. The van der Waals surface area contributed by atoms with Crippen molar-refractivity contribution in [3.8, 4) is 0 Å². The van der Waals surface area contributed by atoms with Gasteiger partial charge in [-0.15, -0.1) is 0 Å². The fraction of sp³-hybridized carbons (Fsp3) is 0.800. The molecular formula is C10H19N. The molecule has 1 heterocycles. The zero-order valence-corrected chi connectivity index (χ0v) is 7.69. The average molecular weight is 153 g/mol. The first kappa shape index (κ1) is 8.79. The monoisotopic (exact) mass is 153 g/mol. The van der Waals surface area contributed by atoms with Gasteiger partial charge in [-0.1, -0.05) is 12.2 Å². The molecule has 1 N–H and O–H groups in total. The lowest BCUT2D eigenvalue weighted by Crippen LogP contribution is -2.25. The van der Waals surface area contributed by atoms with Crippen LogP contribution in [0.1, 0.15) is 33.1 Å². The summed E-state index contributed by atoms with van der Waals surface area (Å²) >= 11 is 0. The van der Waals surface area contributed by atoms with E-state index in [0.717, 1.165) is 5.92 Å². The van der Waals surface area contributed by atoms with E-state index in [1.165, 1.54) is 31.4 Å². The fourth-order valence-electron chi connectivity index (χ4n) is 1.77. The van der Waals surface area contributed by atoms with E-state index in [9.17, 15) is 0 Å². The quantitative estimate of drug-likeness (QED) is 0.570. The van der Waals surface area contributed by atoms with E-state index < -0.39 is 0 Å². The largest absolute Gasteiger partial charge is 0.314 e. The second-order valence-electron chi connectivity index (χ2n) is 3.78. The molecule has 0 bridgehead atoms. The Kier molecular flexibility index (Phi) is 3.13. The summed E-state index contributed by atoms with van der Waals surface area (Å²) in [5, 5.41) is 3.49. The Morgan fingerprint density at radius 1 is 1.55 bits per heavy atom. The Morgan fingerprint density at radius 2 is 2.27 bits per heavy atom. The minimum absolute atomic E-state index is 0.680. The standard InChI is InChI=1S/C10H19N/c1-8(2)10-5-4-6-11-9(3)7-10/h9-11H,1,4-7H2,2-3H3. The van der Waals surface area contributed by atoms with Crippen molar-refractivity contribution >= 4 is 0 Å². The molecule has 1 aliphatic rings. The van der Waals surface area contributed by atoms with Crippen LogP contribution >= 0.6 is 0 Å². The molecule has 0 spiro atoms. The number of nitrogens with one attached hydrogen (secondary N) is 1. The molecule has 2 atom stereocenters. The molecule has 1 fully saturated rings. The molecule has 0 aliphatic carbocycles. The third kappa shape index (κ3) is 2.66. The fourth-order valence-corrected chi connectivity index (χ4v) is 1.77. The van der Waals surface area contributed by atoms with Crippen molar-refractivity contribution in [3.05, 3.63) is 12.2 Å². The maximum Gasteiger partial charge on any atom is 0.00444 e. The summed E-state index contributed by atoms with van der Waals surface area (Å²) in [6.45, 7) is 9.63. The van der Waals surface area contributed by atoms with E-state index in [1.807, 2.05) is 0 Å². The molecule has 2 unspecified atom stereocenters. The second-order valence-corrected chi connectivity index (χ2v) is 3.78. The van der Waals surface area contributed by atoms with E-state index in [0.29, 0.717) is 6.04 Å². The third-order valence-electron chi connectivity index (χ3n) is 2.56. The van der Waals surface area contributed by atoms with Crippen LogP contribution < -0.4 is 5.32 Å². The van der Waals surface area contributed by atoms with Gasteiger partial charge in [0.05, 0.1) is 0 Å². The molecule has 1 heteroatoms. The van der Waals surface area contributed by atoms with Crippen molar-refractivity contribution < 1.29 is 0 Å². The normalized spacial score (nSPS) is 32.9. The molecule has 0 saturated carbocycles. The van der Waals surface area contributed by atoms with Crippen LogP contribution in [-0.4, -0.2) is 12.6 Å². The first-order chi connectivity index (χ1) is 5.20. The molecule has 64 valence electrons. The van der Waals surface area contributed by atoms with Crippen molar-refractivity contribution in [1.82, 2.24) is 5.32 Å². The van der Waals surface area contributed by atoms with Gasteiger partial charge in [-0.05, 0) is 45.6 Å². The zero-order valence-electron chi connectivity index (χ0n) is 7.69. The summed E-state index contributed by atoms with van der Waals surface area (Å²) in [7, 11) is 0. The maximum atomic E-state index is 4.03. The van der Waals surface area contributed by atoms with Gasteiger partial charge >= 0.3 is 0 Å². The molecule has 0 amide bonds. The molecule has 0 aromatic carbocycles. The van der Waals surface area contributed by atoms with Crippen molar-refractivity contribution in [2.24, 2.45) is 5.92 Å². The maximum absolute atomic E-state index is 4.03. The molecule has 0 radical (unpaired) electrons. The van der Waals surface area contributed by atoms with Gasteiger partial charge in [-0.3, -0.25) is 0 Å². The Bertz CT molecular complexity index is 140. The molecule has 1 rings (SSSR count). The molecule has 1 aliphatic heterocycles. The molecular weight excluding hydrogens is 134 g/mol. The highest BCUT2D eigenvalue weighted by molar-refractivity contribution is 4.98. The van der Waals surface area contributed by atoms with Crippen LogP contribution in [-0.2, 0) is 0 Å². The van der Waals surface area contributed by atoms with Gasteiger partial charge in [-0.2, -0.15) is 0 Å². The molecule has 0 aromatic rings. The summed E-state index contributed by atoms with van der Waals surface area (Å²) in [6.07, 6.45) is 3.91. The number of hydrogen-bond donors (Lipinski definition) is 1. The third-order valence-corrected chi connectivity index (χ3v) is 2.56. The van der Waals surface area contributed by atoms with Gasteiger partial charge in [0.25, 0.3) is 0 Å². The van der Waals surface area contributed by atoms with Crippen LogP contribution in [0.2, 0.25) is 0 Å². The van der Waals surface area contributed by atoms with Crippen LogP contribution in [0.5, 0.6) is 0 Å². The van der Waals surface area contributed by atoms with Crippen molar-refractivity contribution in [3.63, 3.8) is 0 Å². The van der Waals surface area contributed by atoms with Crippen molar-refractivity contribution in [2.75, 3.05) is 6.54 Å². The van der Waals surface area contributed by atoms with Gasteiger partial charge < -0.3 is 5.32 Å². The van der Waals surface area contributed by atoms with E-state index in [2.05, 4.69) is 25.7 Å². The van der Waals surface area contributed by atoms with Gasteiger partial charge in [-0.25, -0.2) is 0 Å². The first-order valence-electron chi connectivity index (χ1n) is 4.59. The predicted molar refractivity (Wildman–Crippen MR) is 49.6 cm³/mol. The molecule has 1 nitrogen and oxygen atoms in total. The number of hydrogen-bond acceptors (Lipinski definition) is 1. The first-order valence-corrected chi connectivity index (χ1v) is 4.59. The van der Waals surface area contributed by atoms with E-state index in [1.54, 1.807) is 0 Å². The summed E-state index contributed by atoms with van der Waals surface area (Å²) < 4.78 is 0. The molecule has 0 aromatic heterocycles. The minimum atomic E-state index is 0.680. The van der Waals surface area contributed by atoms with Crippen molar-refractivity contribution in [1.29, 1.82) is 0 Å². The van der Waals surface area contributed by atoms with Gasteiger partial charge in [0, 0.05) is 6.04 Å². The Morgan fingerprint density at radius 3 is 2.91 bits per heavy atom. The van der Waals surface area contributed by atoms with Gasteiger partial charge in [0.1, 0.15) is 0 Å². The van der Waals surface area contributed by atoms with Gasteiger partial charge in [0.2, 0.25) is 0 Å². The van der Waals surface area contributed by atoms with Crippen LogP contribution in [0, 0.1) is 5.92 Å². The smallest absolute Gasteiger partial charge is 0.00444 e. The van der Waals surface area contributed by atoms with Crippen LogP contribution in [0.4, 0.5) is 0 Å². The summed E-state index contributed by atoms with van der Waals surface area (Å²) in [4.78, 5) is 0. The Balaban J connectivity index is 2.45. The van der Waals surface area contributed by atoms with Gasteiger partial charge in [0.15, 0.2) is 0 Å². The molecule has 1 saturated heterocycles. The van der Waals surface area contributed by atoms with Crippen molar-refractivity contribution in [2.45, 2.75) is 39.2 Å². The Labute approximate surface area is 69.9 Å². The highest BCUT2D eigenvalue weighted by atomic mass is 14.9. The predicted octanol–water partition coefficient (Wildman–Crippen LogP) is 2.34. The summed E-state index contributed by atoms with van der Waals surface area (Å²) in [5.41, 5.74) is 1.36. The highest BCUT2D eigenvalue weighted by Gasteiger charge is 2.16. The lowest BCUT2D eigenvalue weighted by atomic mass is 9.92. The topological polar surface area (TPSA) is 12.0 Å².